The third-order valence-electron chi connectivity index (χ3n) is 4.87. The molecule has 0 amide bonds. The SMILES string of the molecule is CCCC(CCO)Oc1nc(N)c2ncc(Cc3c(F)cc(OCCNC)cc3F)n2n1. The molecule has 0 radical (unpaired) electrons. The molecule has 0 saturated carbocycles. The summed E-state index contributed by atoms with van der Waals surface area (Å²) in [7, 11) is 1.76. The summed E-state index contributed by atoms with van der Waals surface area (Å²) in [5.74, 6) is -1.27. The van der Waals surface area contributed by atoms with E-state index in [1.807, 2.05) is 6.92 Å². The number of halogens is 2. The molecule has 0 aliphatic rings. The van der Waals surface area contributed by atoms with E-state index in [9.17, 15) is 13.9 Å². The Morgan fingerprint density at radius 1 is 1.25 bits per heavy atom. The number of nitrogen functional groups attached to an aromatic ring is 1. The van der Waals surface area contributed by atoms with Crippen molar-refractivity contribution in [1.82, 2.24) is 24.9 Å². The Morgan fingerprint density at radius 2 is 2.00 bits per heavy atom. The van der Waals surface area contributed by atoms with E-state index in [1.165, 1.54) is 10.7 Å². The van der Waals surface area contributed by atoms with Crippen molar-refractivity contribution in [2.75, 3.05) is 32.5 Å². The van der Waals surface area contributed by atoms with Gasteiger partial charge in [0.05, 0.1) is 11.9 Å². The number of hydrogen-bond acceptors (Lipinski definition) is 8. The van der Waals surface area contributed by atoms with Gasteiger partial charge in [-0.15, -0.1) is 5.10 Å². The summed E-state index contributed by atoms with van der Waals surface area (Å²) < 4.78 is 41.8. The lowest BCUT2D eigenvalue weighted by Gasteiger charge is -2.16. The van der Waals surface area contributed by atoms with Gasteiger partial charge in [-0.2, -0.15) is 4.98 Å². The topological polar surface area (TPSA) is 120 Å². The van der Waals surface area contributed by atoms with Gasteiger partial charge < -0.3 is 25.6 Å². The molecule has 3 aromatic rings. The van der Waals surface area contributed by atoms with E-state index in [-0.39, 0.29) is 54.5 Å². The zero-order chi connectivity index (χ0) is 23.1. The number of aliphatic hydroxyl groups is 1. The second kappa shape index (κ2) is 11.0. The number of rotatable bonds is 12. The Labute approximate surface area is 184 Å². The van der Waals surface area contributed by atoms with Crippen molar-refractivity contribution in [1.29, 1.82) is 0 Å². The van der Waals surface area contributed by atoms with Gasteiger partial charge in [0.1, 0.15) is 30.1 Å². The van der Waals surface area contributed by atoms with Gasteiger partial charge in [0.15, 0.2) is 11.5 Å². The van der Waals surface area contributed by atoms with Crippen LogP contribution in [0.4, 0.5) is 14.6 Å². The van der Waals surface area contributed by atoms with Crippen molar-refractivity contribution in [3.05, 3.63) is 41.2 Å². The number of ether oxygens (including phenoxy) is 2. The van der Waals surface area contributed by atoms with Gasteiger partial charge >= 0.3 is 6.01 Å². The highest BCUT2D eigenvalue weighted by atomic mass is 19.1. The van der Waals surface area contributed by atoms with Crippen molar-refractivity contribution >= 4 is 11.5 Å². The molecule has 4 N–H and O–H groups in total. The molecule has 32 heavy (non-hydrogen) atoms. The van der Waals surface area contributed by atoms with E-state index in [4.69, 9.17) is 15.2 Å². The number of nitrogens with two attached hydrogens (primary N) is 1. The third-order valence-corrected chi connectivity index (χ3v) is 4.87. The van der Waals surface area contributed by atoms with Crippen LogP contribution in [0.25, 0.3) is 5.65 Å². The number of imidazole rings is 1. The molecular formula is C21H28F2N6O3. The predicted octanol–water partition coefficient (Wildman–Crippen LogP) is 2.10. The molecule has 0 fully saturated rings. The number of benzene rings is 1. The summed E-state index contributed by atoms with van der Waals surface area (Å²) in [6, 6.07) is 2.31. The monoisotopic (exact) mass is 450 g/mol. The maximum atomic E-state index is 14.6. The molecule has 0 saturated heterocycles. The van der Waals surface area contributed by atoms with E-state index < -0.39 is 11.6 Å². The van der Waals surface area contributed by atoms with Crippen LogP contribution < -0.4 is 20.5 Å². The predicted molar refractivity (Wildman–Crippen MR) is 115 cm³/mol. The highest BCUT2D eigenvalue weighted by Crippen LogP contribution is 2.24. The Bertz CT molecular complexity index is 1020. The molecular weight excluding hydrogens is 422 g/mol. The van der Waals surface area contributed by atoms with Crippen LogP contribution in [0, 0.1) is 11.6 Å². The van der Waals surface area contributed by atoms with Crippen LogP contribution >= 0.6 is 0 Å². The third kappa shape index (κ3) is 5.60. The number of likely N-dealkylation sites (N-methyl/N-ethyl adjacent to an activating group) is 1. The first-order valence-electron chi connectivity index (χ1n) is 10.5. The molecule has 0 aliphatic heterocycles. The lowest BCUT2D eigenvalue weighted by molar-refractivity contribution is 0.133. The first kappa shape index (κ1) is 23.6. The molecule has 2 heterocycles. The first-order chi connectivity index (χ1) is 15.5. The number of anilines is 1. The fourth-order valence-electron chi connectivity index (χ4n) is 3.26. The lowest BCUT2D eigenvalue weighted by atomic mass is 10.1. The molecule has 3 rings (SSSR count). The minimum Gasteiger partial charge on any atom is -0.492 e. The zero-order valence-corrected chi connectivity index (χ0v) is 18.1. The average Bonchev–Trinajstić information content (AvgIpc) is 3.14. The van der Waals surface area contributed by atoms with Gasteiger partial charge in [-0.05, 0) is 13.5 Å². The molecule has 11 heteroatoms. The molecule has 0 bridgehead atoms. The van der Waals surface area contributed by atoms with Crippen molar-refractivity contribution in [2.24, 2.45) is 0 Å². The first-order valence-corrected chi connectivity index (χ1v) is 10.5. The van der Waals surface area contributed by atoms with Gasteiger partial charge in [-0.3, -0.25) is 0 Å². The smallest absolute Gasteiger partial charge is 0.336 e. The normalized spacial score (nSPS) is 12.3. The molecule has 0 spiro atoms. The van der Waals surface area contributed by atoms with Gasteiger partial charge in [-0.25, -0.2) is 18.3 Å². The van der Waals surface area contributed by atoms with Crippen LogP contribution in [-0.2, 0) is 6.42 Å². The number of hydrogen-bond donors (Lipinski definition) is 3. The number of nitrogens with one attached hydrogen (secondary N) is 1. The number of aromatic nitrogens is 4. The molecule has 2 aromatic heterocycles. The number of fused-ring (bicyclic) bond motifs is 1. The Hall–Kier alpha value is -3.05. The van der Waals surface area contributed by atoms with Gasteiger partial charge in [-0.1, -0.05) is 13.3 Å². The van der Waals surface area contributed by atoms with Crippen molar-refractivity contribution in [2.45, 2.75) is 38.7 Å². The fraction of sp³-hybridized carbons (Fsp3) is 0.476. The molecule has 1 atom stereocenters. The van der Waals surface area contributed by atoms with Gasteiger partial charge in [0, 0.05) is 43.7 Å². The van der Waals surface area contributed by atoms with Gasteiger partial charge in [0.25, 0.3) is 0 Å². The largest absolute Gasteiger partial charge is 0.492 e. The van der Waals surface area contributed by atoms with Gasteiger partial charge in [0.2, 0.25) is 0 Å². The van der Waals surface area contributed by atoms with E-state index >= 15 is 0 Å². The minimum atomic E-state index is -0.733. The molecule has 1 unspecified atom stereocenters. The van der Waals surface area contributed by atoms with Crippen LogP contribution in [0.2, 0.25) is 0 Å². The summed E-state index contributed by atoms with van der Waals surface area (Å²) in [5.41, 5.74) is 6.52. The Balaban J connectivity index is 1.87. The highest BCUT2D eigenvalue weighted by Gasteiger charge is 2.19. The summed E-state index contributed by atoms with van der Waals surface area (Å²) in [5, 5.41) is 16.4. The van der Waals surface area contributed by atoms with Crippen LogP contribution in [0.5, 0.6) is 11.8 Å². The van der Waals surface area contributed by atoms with E-state index in [0.717, 1.165) is 18.6 Å². The van der Waals surface area contributed by atoms with E-state index in [2.05, 4.69) is 20.4 Å². The minimum absolute atomic E-state index is 0.00961. The lowest BCUT2D eigenvalue weighted by Crippen LogP contribution is -2.20. The summed E-state index contributed by atoms with van der Waals surface area (Å²) in [6.45, 7) is 2.80. The quantitative estimate of drug-likeness (QED) is 0.359. The van der Waals surface area contributed by atoms with E-state index in [1.54, 1.807) is 7.05 Å². The standard InChI is InChI=1S/C21H28F2N6O3/c1-3-4-14(5-7-30)32-21-27-19(24)20-26-12-13(29(20)28-21)9-16-17(22)10-15(11-18(16)23)31-8-6-25-2/h10-12,14,25,30H,3-9H2,1-2H3,(H2,24,27,28). The van der Waals surface area contributed by atoms with Crippen LogP contribution in [-0.4, -0.2) is 57.6 Å². The Morgan fingerprint density at radius 3 is 2.66 bits per heavy atom. The van der Waals surface area contributed by atoms with Crippen LogP contribution in [0.1, 0.15) is 37.4 Å². The molecule has 1 aromatic carbocycles. The number of nitrogens with zero attached hydrogens (tertiary/aromatic N) is 4. The maximum absolute atomic E-state index is 14.6. The molecule has 9 nitrogen and oxygen atoms in total. The summed E-state index contributed by atoms with van der Waals surface area (Å²) in [6.07, 6.45) is 3.03. The number of aliphatic hydroxyl groups excluding tert-OH is 1. The van der Waals surface area contributed by atoms with Crippen molar-refractivity contribution in [3.63, 3.8) is 0 Å². The molecule has 0 aliphatic carbocycles. The zero-order valence-electron chi connectivity index (χ0n) is 18.1. The Kier molecular flexibility index (Phi) is 8.12. The summed E-state index contributed by atoms with van der Waals surface area (Å²) in [4.78, 5) is 8.29. The molecule has 174 valence electrons. The van der Waals surface area contributed by atoms with Crippen molar-refractivity contribution < 1.29 is 23.4 Å². The second-order valence-electron chi connectivity index (χ2n) is 7.30. The summed E-state index contributed by atoms with van der Waals surface area (Å²) >= 11 is 0. The highest BCUT2D eigenvalue weighted by molar-refractivity contribution is 5.59. The maximum Gasteiger partial charge on any atom is 0.336 e. The van der Waals surface area contributed by atoms with E-state index in [0.29, 0.717) is 25.1 Å². The van der Waals surface area contributed by atoms with Crippen LogP contribution in [0.15, 0.2) is 18.3 Å². The second-order valence-corrected chi connectivity index (χ2v) is 7.30. The average molecular weight is 450 g/mol. The van der Waals surface area contributed by atoms with Crippen LogP contribution in [0.3, 0.4) is 0 Å². The van der Waals surface area contributed by atoms with Crippen molar-refractivity contribution in [3.8, 4) is 11.8 Å². The fourth-order valence-corrected chi connectivity index (χ4v) is 3.26.